The van der Waals surface area contributed by atoms with E-state index in [4.69, 9.17) is 0 Å². The topological polar surface area (TPSA) is 0 Å². The predicted molar refractivity (Wildman–Crippen MR) is 85.1 cm³/mol. The van der Waals surface area contributed by atoms with Gasteiger partial charge in [-0.25, -0.2) is 0 Å². The molecule has 0 aliphatic heterocycles. The summed E-state index contributed by atoms with van der Waals surface area (Å²) in [7, 11) is 0. The van der Waals surface area contributed by atoms with E-state index in [9.17, 15) is 0 Å². The summed E-state index contributed by atoms with van der Waals surface area (Å²) >= 11 is 0. The van der Waals surface area contributed by atoms with Crippen molar-refractivity contribution in [2.24, 2.45) is 5.92 Å². The lowest BCUT2D eigenvalue weighted by Crippen LogP contribution is -1.84. The molecule has 0 saturated carbocycles. The summed E-state index contributed by atoms with van der Waals surface area (Å²) < 4.78 is 0. The van der Waals surface area contributed by atoms with E-state index in [2.05, 4.69) is 32.9 Å². The summed E-state index contributed by atoms with van der Waals surface area (Å²) in [4.78, 5) is 0. The molecule has 0 nitrogen and oxygen atoms in total. The molecule has 0 bridgehead atoms. The zero-order valence-corrected chi connectivity index (χ0v) is 13.2. The van der Waals surface area contributed by atoms with Gasteiger partial charge in [-0.2, -0.15) is 0 Å². The van der Waals surface area contributed by atoms with Crippen molar-refractivity contribution in [1.29, 1.82) is 0 Å². The van der Waals surface area contributed by atoms with Gasteiger partial charge < -0.3 is 0 Å². The smallest absolute Gasteiger partial charge is 0.0265 e. The van der Waals surface area contributed by atoms with Crippen molar-refractivity contribution in [2.45, 2.75) is 97.8 Å². The number of allylic oxidation sites excluding steroid dienone is 2. The molecule has 0 aromatic heterocycles. The van der Waals surface area contributed by atoms with Crippen molar-refractivity contribution >= 4 is 0 Å². The van der Waals surface area contributed by atoms with Crippen molar-refractivity contribution in [1.82, 2.24) is 0 Å². The van der Waals surface area contributed by atoms with Gasteiger partial charge in [-0.1, -0.05) is 97.1 Å². The molecule has 0 amide bonds. The van der Waals surface area contributed by atoms with Crippen LogP contribution in [0.1, 0.15) is 97.8 Å². The van der Waals surface area contributed by atoms with Crippen LogP contribution in [0.15, 0.2) is 12.2 Å². The van der Waals surface area contributed by atoms with E-state index in [0.717, 1.165) is 5.92 Å². The molecule has 0 N–H and O–H groups in total. The Morgan fingerprint density at radius 3 is 1.72 bits per heavy atom. The Morgan fingerprint density at radius 1 is 0.722 bits per heavy atom. The number of unbranched alkanes of at least 4 members (excludes halogenated alkanes) is 10. The largest absolute Gasteiger partial charge is 0.0883 e. The highest BCUT2D eigenvalue weighted by Crippen LogP contribution is 2.11. The van der Waals surface area contributed by atoms with Crippen LogP contribution < -0.4 is 0 Å². The van der Waals surface area contributed by atoms with Crippen LogP contribution in [0.25, 0.3) is 0 Å². The molecule has 0 spiro atoms. The van der Waals surface area contributed by atoms with Crippen LogP contribution >= 0.6 is 0 Å². The molecule has 108 valence electrons. The van der Waals surface area contributed by atoms with Crippen molar-refractivity contribution < 1.29 is 0 Å². The molecule has 18 heavy (non-hydrogen) atoms. The van der Waals surface area contributed by atoms with E-state index in [0.29, 0.717) is 0 Å². The fraction of sp³-hybridized carbons (Fsp3) is 0.889. The Kier molecular flexibility index (Phi) is 14.6. The summed E-state index contributed by atoms with van der Waals surface area (Å²) in [5, 5.41) is 0. The first kappa shape index (κ1) is 17.7. The highest BCUT2D eigenvalue weighted by molar-refractivity contribution is 4.85. The Bertz CT molecular complexity index is 169. The minimum Gasteiger partial charge on any atom is -0.0883 e. The van der Waals surface area contributed by atoms with Gasteiger partial charge in [0.1, 0.15) is 0 Å². The van der Waals surface area contributed by atoms with Crippen LogP contribution in [0.5, 0.6) is 0 Å². The molecule has 0 aromatic carbocycles. The van der Waals surface area contributed by atoms with Crippen molar-refractivity contribution in [3.63, 3.8) is 0 Å². The zero-order chi connectivity index (χ0) is 13.5. The lowest BCUT2D eigenvalue weighted by atomic mass is 10.0. The SMILES string of the molecule is CCCCCCCCCCCC/C=C/C(C)CC. The maximum Gasteiger partial charge on any atom is -0.0265 e. The van der Waals surface area contributed by atoms with Gasteiger partial charge >= 0.3 is 0 Å². The van der Waals surface area contributed by atoms with Gasteiger partial charge in [0.05, 0.1) is 0 Å². The monoisotopic (exact) mass is 252 g/mol. The molecule has 1 unspecified atom stereocenters. The molecule has 0 heterocycles. The summed E-state index contributed by atoms with van der Waals surface area (Å²) in [6.45, 7) is 6.85. The maximum absolute atomic E-state index is 2.39. The minimum atomic E-state index is 0.771. The predicted octanol–water partition coefficient (Wildman–Crippen LogP) is 6.90. The molecule has 0 aliphatic carbocycles. The van der Waals surface area contributed by atoms with E-state index >= 15 is 0 Å². The molecule has 0 radical (unpaired) electrons. The van der Waals surface area contributed by atoms with Crippen molar-refractivity contribution in [2.75, 3.05) is 0 Å². The Hall–Kier alpha value is -0.260. The standard InChI is InChI=1S/C18H36/c1-4-6-7-8-9-10-11-12-13-14-15-16-17-18(3)5-2/h16-18H,4-15H2,1-3H3/b17-16+. The van der Waals surface area contributed by atoms with Crippen LogP contribution in [-0.4, -0.2) is 0 Å². The van der Waals surface area contributed by atoms with E-state index in [1.54, 1.807) is 0 Å². The van der Waals surface area contributed by atoms with Gasteiger partial charge in [0.2, 0.25) is 0 Å². The van der Waals surface area contributed by atoms with E-state index in [1.807, 2.05) is 0 Å². The van der Waals surface area contributed by atoms with E-state index in [-0.39, 0.29) is 0 Å². The van der Waals surface area contributed by atoms with Crippen LogP contribution in [-0.2, 0) is 0 Å². The van der Waals surface area contributed by atoms with Crippen LogP contribution in [0.4, 0.5) is 0 Å². The Labute approximate surface area is 116 Å². The van der Waals surface area contributed by atoms with Crippen molar-refractivity contribution in [3.05, 3.63) is 12.2 Å². The van der Waals surface area contributed by atoms with Gasteiger partial charge in [-0.15, -0.1) is 0 Å². The molecule has 0 fully saturated rings. The molecule has 0 heteroatoms. The van der Waals surface area contributed by atoms with Crippen LogP contribution in [0, 0.1) is 5.92 Å². The van der Waals surface area contributed by atoms with Gasteiger partial charge in [0.15, 0.2) is 0 Å². The average Bonchev–Trinajstić information content (AvgIpc) is 2.39. The maximum atomic E-state index is 2.39. The summed E-state index contributed by atoms with van der Waals surface area (Å²) in [6.07, 6.45) is 21.7. The van der Waals surface area contributed by atoms with Gasteiger partial charge in [-0.3, -0.25) is 0 Å². The number of hydrogen-bond acceptors (Lipinski definition) is 0. The van der Waals surface area contributed by atoms with Gasteiger partial charge in [0.25, 0.3) is 0 Å². The third-order valence-electron chi connectivity index (χ3n) is 3.83. The van der Waals surface area contributed by atoms with E-state index < -0.39 is 0 Å². The summed E-state index contributed by atoms with van der Waals surface area (Å²) in [5.41, 5.74) is 0. The lowest BCUT2D eigenvalue weighted by Gasteiger charge is -2.02. The van der Waals surface area contributed by atoms with Gasteiger partial charge in [0, 0.05) is 0 Å². The highest BCUT2D eigenvalue weighted by Gasteiger charge is 1.92. The first-order valence-corrected chi connectivity index (χ1v) is 8.47. The first-order valence-electron chi connectivity index (χ1n) is 8.47. The number of rotatable bonds is 13. The minimum absolute atomic E-state index is 0.771. The second-order valence-corrected chi connectivity index (χ2v) is 5.78. The molecular formula is C18H36. The molecule has 0 rings (SSSR count). The Balaban J connectivity index is 3.05. The molecular weight excluding hydrogens is 216 g/mol. The summed E-state index contributed by atoms with van der Waals surface area (Å²) in [6, 6.07) is 0. The molecule has 1 atom stereocenters. The quantitative estimate of drug-likeness (QED) is 0.247. The third kappa shape index (κ3) is 13.8. The number of hydrogen-bond donors (Lipinski definition) is 0. The normalized spacial score (nSPS) is 13.3. The fourth-order valence-electron chi connectivity index (χ4n) is 2.21. The lowest BCUT2D eigenvalue weighted by molar-refractivity contribution is 0.557. The van der Waals surface area contributed by atoms with Crippen LogP contribution in [0.3, 0.4) is 0 Å². The molecule has 0 aliphatic rings. The zero-order valence-electron chi connectivity index (χ0n) is 13.2. The van der Waals surface area contributed by atoms with Crippen molar-refractivity contribution in [3.8, 4) is 0 Å². The fourth-order valence-corrected chi connectivity index (χ4v) is 2.21. The molecule has 0 saturated heterocycles. The average molecular weight is 252 g/mol. The second-order valence-electron chi connectivity index (χ2n) is 5.78. The Morgan fingerprint density at radius 2 is 1.22 bits per heavy atom. The second kappa shape index (κ2) is 14.8. The summed E-state index contributed by atoms with van der Waals surface area (Å²) in [5.74, 6) is 0.771. The first-order chi connectivity index (χ1) is 8.81. The molecule has 0 aromatic rings. The van der Waals surface area contributed by atoms with Gasteiger partial charge in [-0.05, 0) is 18.8 Å². The van der Waals surface area contributed by atoms with E-state index in [1.165, 1.54) is 77.0 Å². The highest BCUT2D eigenvalue weighted by atomic mass is 14.0. The third-order valence-corrected chi connectivity index (χ3v) is 3.83. The van der Waals surface area contributed by atoms with Crippen LogP contribution in [0.2, 0.25) is 0 Å².